The van der Waals surface area contributed by atoms with Crippen molar-refractivity contribution in [2.45, 2.75) is 24.9 Å². The average molecular weight is 329 g/mol. The fraction of sp³-hybridized carbons (Fsp3) is 0.444. The van der Waals surface area contributed by atoms with Crippen molar-refractivity contribution in [2.75, 3.05) is 26.7 Å². The van der Waals surface area contributed by atoms with Crippen molar-refractivity contribution in [1.29, 1.82) is 0 Å². The molecule has 2 heterocycles. The number of benzene rings is 1. The van der Waals surface area contributed by atoms with Crippen molar-refractivity contribution >= 4 is 11.8 Å². The fourth-order valence-corrected chi connectivity index (χ4v) is 3.12. The molecule has 3 rings (SSSR count). The topological polar surface area (TPSA) is 70.7 Å². The molecule has 0 aromatic heterocycles. The number of ether oxygens (including phenoxy) is 1. The molecule has 2 atom stereocenters. The summed E-state index contributed by atoms with van der Waals surface area (Å²) in [6.07, 6.45) is 4.97. The summed E-state index contributed by atoms with van der Waals surface area (Å²) in [4.78, 5) is 26.3. The molecule has 0 saturated carbocycles. The van der Waals surface area contributed by atoms with E-state index in [1.54, 1.807) is 7.11 Å². The van der Waals surface area contributed by atoms with E-state index in [-0.39, 0.29) is 23.9 Å². The van der Waals surface area contributed by atoms with Crippen molar-refractivity contribution in [3.05, 3.63) is 42.0 Å². The number of hydrogen-bond donors (Lipinski definition) is 2. The molecule has 0 bridgehead atoms. The van der Waals surface area contributed by atoms with Gasteiger partial charge in [-0.1, -0.05) is 24.3 Å². The minimum Gasteiger partial charge on any atom is -0.497 e. The Morgan fingerprint density at radius 2 is 1.96 bits per heavy atom. The van der Waals surface area contributed by atoms with E-state index in [0.29, 0.717) is 32.5 Å². The summed E-state index contributed by atoms with van der Waals surface area (Å²) in [6.45, 7) is 2.00. The van der Waals surface area contributed by atoms with E-state index >= 15 is 0 Å². The van der Waals surface area contributed by atoms with Crippen LogP contribution in [-0.4, -0.2) is 55.5 Å². The zero-order valence-electron chi connectivity index (χ0n) is 13.8. The molecule has 0 spiro atoms. The molecule has 0 aliphatic carbocycles. The molecule has 128 valence electrons. The third-order valence-corrected chi connectivity index (χ3v) is 4.45. The lowest BCUT2D eigenvalue weighted by Gasteiger charge is -2.20. The maximum atomic E-state index is 12.3. The summed E-state index contributed by atoms with van der Waals surface area (Å²) in [5.41, 5.74) is 0.940. The highest BCUT2D eigenvalue weighted by molar-refractivity contribution is 5.83. The SMILES string of the molecule is COc1ccc(CC(=O)N[C@H]2CN[C@H](C(=O)N3CC=CC3)C2)cc1. The molecular weight excluding hydrogens is 306 g/mol. The van der Waals surface area contributed by atoms with Crippen molar-refractivity contribution in [3.8, 4) is 5.75 Å². The van der Waals surface area contributed by atoms with Gasteiger partial charge in [0.15, 0.2) is 0 Å². The van der Waals surface area contributed by atoms with Crippen molar-refractivity contribution in [1.82, 2.24) is 15.5 Å². The largest absolute Gasteiger partial charge is 0.497 e. The number of hydrogen-bond acceptors (Lipinski definition) is 4. The highest BCUT2D eigenvalue weighted by Crippen LogP contribution is 2.14. The molecule has 0 unspecified atom stereocenters. The second-order valence-corrected chi connectivity index (χ2v) is 6.20. The van der Waals surface area contributed by atoms with Crippen LogP contribution in [0.25, 0.3) is 0 Å². The predicted molar refractivity (Wildman–Crippen MR) is 90.8 cm³/mol. The zero-order valence-corrected chi connectivity index (χ0v) is 13.8. The van der Waals surface area contributed by atoms with Gasteiger partial charge in [0.25, 0.3) is 0 Å². The Morgan fingerprint density at radius 1 is 1.25 bits per heavy atom. The molecule has 24 heavy (non-hydrogen) atoms. The van der Waals surface area contributed by atoms with Crippen LogP contribution < -0.4 is 15.4 Å². The fourth-order valence-electron chi connectivity index (χ4n) is 3.12. The van der Waals surface area contributed by atoms with Gasteiger partial charge in [-0.2, -0.15) is 0 Å². The van der Waals surface area contributed by atoms with Gasteiger partial charge in [0.1, 0.15) is 5.75 Å². The molecule has 1 fully saturated rings. The lowest BCUT2D eigenvalue weighted by Crippen LogP contribution is -2.42. The molecule has 2 amide bonds. The molecule has 6 heteroatoms. The Balaban J connectivity index is 1.46. The van der Waals surface area contributed by atoms with Gasteiger partial charge < -0.3 is 20.3 Å². The van der Waals surface area contributed by atoms with E-state index in [1.807, 2.05) is 41.3 Å². The minimum absolute atomic E-state index is 0.000241. The van der Waals surface area contributed by atoms with Gasteiger partial charge in [-0.15, -0.1) is 0 Å². The quantitative estimate of drug-likeness (QED) is 0.771. The molecule has 2 aliphatic rings. The highest BCUT2D eigenvalue weighted by Gasteiger charge is 2.32. The lowest BCUT2D eigenvalue weighted by molar-refractivity contribution is -0.131. The first-order chi connectivity index (χ1) is 11.7. The van der Waals surface area contributed by atoms with Crippen LogP contribution in [0, 0.1) is 0 Å². The van der Waals surface area contributed by atoms with E-state index in [2.05, 4.69) is 10.6 Å². The molecule has 6 nitrogen and oxygen atoms in total. The van der Waals surface area contributed by atoms with Crippen LogP contribution in [-0.2, 0) is 16.0 Å². The Kier molecular flexibility index (Phi) is 5.15. The zero-order chi connectivity index (χ0) is 16.9. The molecule has 1 aromatic rings. The van der Waals surface area contributed by atoms with Crippen LogP contribution in [0.4, 0.5) is 0 Å². The average Bonchev–Trinajstić information content (AvgIpc) is 3.26. The van der Waals surface area contributed by atoms with Gasteiger partial charge in [-0.3, -0.25) is 9.59 Å². The third kappa shape index (κ3) is 3.94. The van der Waals surface area contributed by atoms with Gasteiger partial charge in [0.2, 0.25) is 11.8 Å². The monoisotopic (exact) mass is 329 g/mol. The normalized spacial score (nSPS) is 22.6. The smallest absolute Gasteiger partial charge is 0.240 e. The molecular formula is C18H23N3O3. The van der Waals surface area contributed by atoms with E-state index in [9.17, 15) is 9.59 Å². The molecule has 1 aromatic carbocycles. The summed E-state index contributed by atoms with van der Waals surface area (Å²) < 4.78 is 5.11. The summed E-state index contributed by atoms with van der Waals surface area (Å²) in [5.74, 6) is 0.867. The summed E-state index contributed by atoms with van der Waals surface area (Å²) >= 11 is 0. The first kappa shape index (κ1) is 16.5. The maximum absolute atomic E-state index is 12.3. The van der Waals surface area contributed by atoms with Gasteiger partial charge in [0, 0.05) is 25.7 Å². The van der Waals surface area contributed by atoms with Crippen molar-refractivity contribution in [3.63, 3.8) is 0 Å². The predicted octanol–water partition coefficient (Wildman–Crippen LogP) is 0.483. The summed E-state index contributed by atoms with van der Waals surface area (Å²) in [6, 6.07) is 7.27. The Bertz CT molecular complexity index is 619. The first-order valence-corrected chi connectivity index (χ1v) is 8.25. The van der Waals surface area contributed by atoms with E-state index < -0.39 is 0 Å². The van der Waals surface area contributed by atoms with E-state index in [4.69, 9.17) is 4.74 Å². The molecule has 1 saturated heterocycles. The highest BCUT2D eigenvalue weighted by atomic mass is 16.5. The van der Waals surface area contributed by atoms with Crippen LogP contribution in [0.1, 0.15) is 12.0 Å². The number of nitrogens with one attached hydrogen (secondary N) is 2. The molecule has 0 radical (unpaired) electrons. The minimum atomic E-state index is -0.198. The Hall–Kier alpha value is -2.34. The van der Waals surface area contributed by atoms with Gasteiger partial charge in [-0.05, 0) is 24.1 Å². The number of carbonyl (C=O) groups is 2. The summed E-state index contributed by atoms with van der Waals surface area (Å²) in [7, 11) is 1.62. The van der Waals surface area contributed by atoms with E-state index in [1.165, 1.54) is 0 Å². The maximum Gasteiger partial charge on any atom is 0.240 e. The van der Waals surface area contributed by atoms with Gasteiger partial charge in [-0.25, -0.2) is 0 Å². The van der Waals surface area contributed by atoms with Crippen LogP contribution in [0.5, 0.6) is 5.75 Å². The first-order valence-electron chi connectivity index (χ1n) is 8.25. The standard InChI is InChI=1S/C18H23N3O3/c1-24-15-6-4-13(5-7-15)10-17(22)20-14-11-16(19-12-14)18(23)21-8-2-3-9-21/h2-7,14,16,19H,8-12H2,1H3,(H,20,22)/t14-,16+/m1/s1. The second kappa shape index (κ2) is 7.49. The van der Waals surface area contributed by atoms with Crippen molar-refractivity contribution < 1.29 is 14.3 Å². The molecule has 2 N–H and O–H groups in total. The number of methoxy groups -OCH3 is 1. The summed E-state index contributed by atoms with van der Waals surface area (Å²) in [5, 5.41) is 6.23. The Labute approximate surface area is 141 Å². The Morgan fingerprint density at radius 3 is 2.62 bits per heavy atom. The van der Waals surface area contributed by atoms with E-state index in [0.717, 1.165) is 11.3 Å². The third-order valence-electron chi connectivity index (χ3n) is 4.45. The number of amides is 2. The van der Waals surface area contributed by atoms with Crippen LogP contribution in [0.2, 0.25) is 0 Å². The van der Waals surface area contributed by atoms with Crippen LogP contribution in [0.15, 0.2) is 36.4 Å². The lowest BCUT2D eigenvalue weighted by atomic mass is 10.1. The second-order valence-electron chi connectivity index (χ2n) is 6.20. The van der Waals surface area contributed by atoms with Gasteiger partial charge >= 0.3 is 0 Å². The van der Waals surface area contributed by atoms with Gasteiger partial charge in [0.05, 0.1) is 19.6 Å². The van der Waals surface area contributed by atoms with Crippen LogP contribution >= 0.6 is 0 Å². The number of carbonyl (C=O) groups excluding carboxylic acids is 2. The number of nitrogens with zero attached hydrogens (tertiary/aromatic N) is 1. The van der Waals surface area contributed by atoms with Crippen molar-refractivity contribution in [2.24, 2.45) is 0 Å². The molecule has 2 aliphatic heterocycles. The van der Waals surface area contributed by atoms with Crippen LogP contribution in [0.3, 0.4) is 0 Å². The number of rotatable bonds is 5.